The molecule has 4 heteroatoms. The molecule has 0 unspecified atom stereocenters. The zero-order chi connectivity index (χ0) is 14.5. The molecule has 0 bridgehead atoms. The maximum atomic E-state index is 12.0. The van der Waals surface area contributed by atoms with Crippen molar-refractivity contribution in [3.63, 3.8) is 0 Å². The molecular formula is C16H18N2OS. The molecule has 0 radical (unpaired) electrons. The molecule has 1 aromatic heterocycles. The number of aromatic nitrogens is 1. The number of allylic oxidation sites excluding steroid dienone is 1. The fourth-order valence-electron chi connectivity index (χ4n) is 1.88. The number of nitrogens with zero attached hydrogens (tertiary/aromatic N) is 1. The van der Waals surface area contributed by atoms with E-state index >= 15 is 0 Å². The van der Waals surface area contributed by atoms with Crippen LogP contribution in [0.15, 0.2) is 41.3 Å². The van der Waals surface area contributed by atoms with E-state index in [-0.39, 0.29) is 5.91 Å². The molecule has 0 saturated heterocycles. The van der Waals surface area contributed by atoms with Gasteiger partial charge >= 0.3 is 0 Å². The zero-order valence-corrected chi connectivity index (χ0v) is 12.8. The smallest absolute Gasteiger partial charge is 0.250 e. The second-order valence-corrected chi connectivity index (χ2v) is 5.64. The SMILES string of the molecule is CC/C=C(/C)C(=O)Nc1cccc(-c2csc(C)n2)c1. The molecular weight excluding hydrogens is 268 g/mol. The normalized spacial score (nSPS) is 11.4. The van der Waals surface area contributed by atoms with Gasteiger partial charge in [0.2, 0.25) is 0 Å². The summed E-state index contributed by atoms with van der Waals surface area (Å²) in [6.45, 7) is 5.83. The maximum absolute atomic E-state index is 12.0. The first kappa shape index (κ1) is 14.5. The third-order valence-corrected chi connectivity index (χ3v) is 3.68. The van der Waals surface area contributed by atoms with Crippen LogP contribution in [-0.2, 0) is 4.79 Å². The molecule has 3 nitrogen and oxygen atoms in total. The molecule has 20 heavy (non-hydrogen) atoms. The Labute approximate surface area is 123 Å². The predicted octanol–water partition coefficient (Wildman–Crippen LogP) is 4.41. The van der Waals surface area contributed by atoms with E-state index < -0.39 is 0 Å². The van der Waals surface area contributed by atoms with Crippen molar-refractivity contribution in [2.45, 2.75) is 27.2 Å². The van der Waals surface area contributed by atoms with Crippen LogP contribution >= 0.6 is 11.3 Å². The van der Waals surface area contributed by atoms with E-state index in [0.29, 0.717) is 0 Å². The number of amides is 1. The summed E-state index contributed by atoms with van der Waals surface area (Å²) in [6.07, 6.45) is 2.78. The molecule has 1 heterocycles. The third-order valence-electron chi connectivity index (χ3n) is 2.90. The molecule has 2 aromatic rings. The van der Waals surface area contributed by atoms with Crippen LogP contribution in [0.25, 0.3) is 11.3 Å². The van der Waals surface area contributed by atoms with E-state index in [2.05, 4.69) is 10.3 Å². The molecule has 0 aliphatic rings. The van der Waals surface area contributed by atoms with Crippen LogP contribution in [0.5, 0.6) is 0 Å². The van der Waals surface area contributed by atoms with Gasteiger partial charge in [-0.25, -0.2) is 4.98 Å². The second-order valence-electron chi connectivity index (χ2n) is 4.58. The first-order valence-electron chi connectivity index (χ1n) is 6.61. The Morgan fingerprint density at radius 2 is 2.25 bits per heavy atom. The van der Waals surface area contributed by atoms with Crippen LogP contribution in [0.4, 0.5) is 5.69 Å². The minimum atomic E-state index is -0.0570. The monoisotopic (exact) mass is 286 g/mol. The predicted molar refractivity (Wildman–Crippen MR) is 85.0 cm³/mol. The molecule has 0 aliphatic heterocycles. The molecule has 104 valence electrons. The molecule has 2 rings (SSSR count). The Bertz CT molecular complexity index is 643. The molecule has 1 N–H and O–H groups in total. The number of nitrogens with one attached hydrogen (secondary N) is 1. The molecule has 1 amide bonds. The van der Waals surface area contributed by atoms with Crippen LogP contribution < -0.4 is 5.32 Å². The second kappa shape index (κ2) is 6.48. The van der Waals surface area contributed by atoms with E-state index in [1.165, 1.54) is 0 Å². The average molecular weight is 286 g/mol. The number of benzene rings is 1. The number of aryl methyl sites for hydroxylation is 1. The Morgan fingerprint density at radius 1 is 1.45 bits per heavy atom. The van der Waals surface area contributed by atoms with E-state index in [1.54, 1.807) is 11.3 Å². The van der Waals surface area contributed by atoms with E-state index in [0.717, 1.165) is 33.9 Å². The van der Waals surface area contributed by atoms with Crippen molar-refractivity contribution >= 4 is 22.9 Å². The van der Waals surface area contributed by atoms with Crippen molar-refractivity contribution in [3.05, 3.63) is 46.3 Å². The number of carbonyl (C=O) groups excluding carboxylic acids is 1. The molecule has 0 spiro atoms. The highest BCUT2D eigenvalue weighted by atomic mass is 32.1. The Hall–Kier alpha value is -1.94. The van der Waals surface area contributed by atoms with Gasteiger partial charge in [-0.15, -0.1) is 11.3 Å². The van der Waals surface area contributed by atoms with Crippen LogP contribution in [0.1, 0.15) is 25.3 Å². The summed E-state index contributed by atoms with van der Waals surface area (Å²) in [5.74, 6) is -0.0570. The van der Waals surface area contributed by atoms with Crippen LogP contribution in [0.3, 0.4) is 0 Å². The van der Waals surface area contributed by atoms with Crippen molar-refractivity contribution in [2.75, 3.05) is 5.32 Å². The van der Waals surface area contributed by atoms with E-state index in [9.17, 15) is 4.79 Å². The van der Waals surface area contributed by atoms with Crippen LogP contribution in [-0.4, -0.2) is 10.9 Å². The molecule has 0 atom stereocenters. The highest BCUT2D eigenvalue weighted by Gasteiger charge is 2.06. The van der Waals surface area contributed by atoms with Crippen molar-refractivity contribution in [2.24, 2.45) is 0 Å². The lowest BCUT2D eigenvalue weighted by Gasteiger charge is -2.06. The summed E-state index contributed by atoms with van der Waals surface area (Å²) < 4.78 is 0. The minimum Gasteiger partial charge on any atom is -0.322 e. The van der Waals surface area contributed by atoms with Gasteiger partial charge in [-0.3, -0.25) is 4.79 Å². The van der Waals surface area contributed by atoms with Gasteiger partial charge in [0, 0.05) is 22.2 Å². The number of anilines is 1. The van der Waals surface area contributed by atoms with Gasteiger partial charge in [0.05, 0.1) is 10.7 Å². The summed E-state index contributed by atoms with van der Waals surface area (Å²) >= 11 is 1.62. The van der Waals surface area contributed by atoms with Gasteiger partial charge in [-0.05, 0) is 32.4 Å². The average Bonchev–Trinajstić information content (AvgIpc) is 2.86. The first-order valence-corrected chi connectivity index (χ1v) is 7.48. The standard InChI is InChI=1S/C16H18N2OS/c1-4-6-11(2)16(19)18-14-8-5-7-13(9-14)15-10-20-12(3)17-15/h5-10H,4H2,1-3H3,(H,18,19)/b11-6-. The fourth-order valence-corrected chi connectivity index (χ4v) is 2.50. The number of thiazole rings is 1. The summed E-state index contributed by atoms with van der Waals surface area (Å²) in [6, 6.07) is 7.77. The molecule has 0 aliphatic carbocycles. The largest absolute Gasteiger partial charge is 0.322 e. The number of carbonyl (C=O) groups is 1. The summed E-state index contributed by atoms with van der Waals surface area (Å²) in [7, 11) is 0. The summed E-state index contributed by atoms with van der Waals surface area (Å²) in [5.41, 5.74) is 3.50. The van der Waals surface area contributed by atoms with Crippen molar-refractivity contribution in [1.82, 2.24) is 4.98 Å². The topological polar surface area (TPSA) is 42.0 Å². The maximum Gasteiger partial charge on any atom is 0.250 e. The zero-order valence-electron chi connectivity index (χ0n) is 11.9. The van der Waals surface area contributed by atoms with Crippen LogP contribution in [0.2, 0.25) is 0 Å². The van der Waals surface area contributed by atoms with Gasteiger partial charge in [0.1, 0.15) is 0 Å². The Balaban J connectivity index is 2.18. The van der Waals surface area contributed by atoms with E-state index in [4.69, 9.17) is 0 Å². The summed E-state index contributed by atoms with van der Waals surface area (Å²) in [5, 5.41) is 5.98. The lowest BCUT2D eigenvalue weighted by molar-refractivity contribution is -0.112. The molecule has 0 fully saturated rings. The highest BCUT2D eigenvalue weighted by Crippen LogP contribution is 2.24. The summed E-state index contributed by atoms with van der Waals surface area (Å²) in [4.78, 5) is 16.4. The lowest BCUT2D eigenvalue weighted by atomic mass is 10.1. The Kier molecular flexibility index (Phi) is 4.69. The Morgan fingerprint density at radius 3 is 2.90 bits per heavy atom. The van der Waals surface area contributed by atoms with Gasteiger partial charge in [-0.2, -0.15) is 0 Å². The van der Waals surface area contributed by atoms with Crippen molar-refractivity contribution < 1.29 is 4.79 Å². The number of hydrogen-bond donors (Lipinski definition) is 1. The van der Waals surface area contributed by atoms with Gasteiger partial charge in [0.15, 0.2) is 0 Å². The van der Waals surface area contributed by atoms with Crippen molar-refractivity contribution in [1.29, 1.82) is 0 Å². The first-order chi connectivity index (χ1) is 9.60. The van der Waals surface area contributed by atoms with Crippen LogP contribution in [0, 0.1) is 6.92 Å². The highest BCUT2D eigenvalue weighted by molar-refractivity contribution is 7.09. The third kappa shape index (κ3) is 3.54. The lowest BCUT2D eigenvalue weighted by Crippen LogP contribution is -2.12. The molecule has 1 aromatic carbocycles. The van der Waals surface area contributed by atoms with Gasteiger partial charge < -0.3 is 5.32 Å². The van der Waals surface area contributed by atoms with Gasteiger partial charge in [0.25, 0.3) is 5.91 Å². The minimum absolute atomic E-state index is 0.0570. The fraction of sp³-hybridized carbons (Fsp3) is 0.250. The van der Waals surface area contributed by atoms with E-state index in [1.807, 2.05) is 56.5 Å². The van der Waals surface area contributed by atoms with Crippen molar-refractivity contribution in [3.8, 4) is 11.3 Å². The quantitative estimate of drug-likeness (QED) is 0.846. The number of rotatable bonds is 4. The molecule has 0 saturated carbocycles. The van der Waals surface area contributed by atoms with Gasteiger partial charge in [-0.1, -0.05) is 25.1 Å². The number of hydrogen-bond acceptors (Lipinski definition) is 3.